The summed E-state index contributed by atoms with van der Waals surface area (Å²) in [6, 6.07) is 4.42. The van der Waals surface area contributed by atoms with E-state index in [0.717, 1.165) is 18.9 Å². The molecule has 1 N–H and O–H groups in total. The zero-order chi connectivity index (χ0) is 13.8. The Kier molecular flexibility index (Phi) is 4.24. The first kappa shape index (κ1) is 13.6. The fraction of sp³-hybridized carbons (Fsp3) is 0.571. The monoisotopic (exact) mass is 261 g/mol. The summed E-state index contributed by atoms with van der Waals surface area (Å²) < 4.78 is 4.05. The fourth-order valence-electron chi connectivity index (χ4n) is 2.07. The third-order valence-corrected chi connectivity index (χ3v) is 2.95. The van der Waals surface area contributed by atoms with Gasteiger partial charge in [-0.3, -0.25) is 4.68 Å². The number of hydrogen-bond acceptors (Lipinski definition) is 3. The summed E-state index contributed by atoms with van der Waals surface area (Å²) in [5.41, 5.74) is 1.20. The molecular formula is C14H23N5. The molecular weight excluding hydrogens is 238 g/mol. The van der Waals surface area contributed by atoms with Gasteiger partial charge in [-0.05, 0) is 25.8 Å². The van der Waals surface area contributed by atoms with Gasteiger partial charge in [-0.15, -0.1) is 0 Å². The van der Waals surface area contributed by atoms with Crippen LogP contribution in [0.1, 0.15) is 39.4 Å². The molecule has 0 radical (unpaired) electrons. The molecule has 104 valence electrons. The van der Waals surface area contributed by atoms with Crippen molar-refractivity contribution in [1.29, 1.82) is 0 Å². The highest BCUT2D eigenvalue weighted by atomic mass is 15.3. The van der Waals surface area contributed by atoms with E-state index in [0.29, 0.717) is 12.0 Å². The van der Waals surface area contributed by atoms with Crippen LogP contribution in [-0.2, 0) is 13.1 Å². The molecule has 5 nitrogen and oxygen atoms in total. The van der Waals surface area contributed by atoms with Crippen LogP contribution in [0.4, 0.5) is 5.82 Å². The van der Waals surface area contributed by atoms with Crippen molar-refractivity contribution < 1.29 is 0 Å². The molecule has 0 atom stereocenters. The van der Waals surface area contributed by atoms with Crippen LogP contribution >= 0.6 is 0 Å². The number of anilines is 1. The molecule has 0 aliphatic heterocycles. The first-order chi connectivity index (χ1) is 9.08. The van der Waals surface area contributed by atoms with Gasteiger partial charge in [-0.25, -0.2) is 4.68 Å². The van der Waals surface area contributed by atoms with Crippen LogP contribution in [0, 0.1) is 5.92 Å². The van der Waals surface area contributed by atoms with Crippen LogP contribution in [0.25, 0.3) is 0 Å². The first-order valence-corrected chi connectivity index (χ1v) is 6.86. The highest BCUT2D eigenvalue weighted by Gasteiger charge is 2.08. The maximum atomic E-state index is 4.37. The third-order valence-electron chi connectivity index (χ3n) is 2.95. The normalized spacial score (nSPS) is 11.5. The van der Waals surface area contributed by atoms with E-state index in [-0.39, 0.29) is 0 Å². The van der Waals surface area contributed by atoms with Crippen LogP contribution in [0.15, 0.2) is 24.5 Å². The second-order valence-corrected chi connectivity index (χ2v) is 5.51. The third kappa shape index (κ3) is 3.36. The van der Waals surface area contributed by atoms with Gasteiger partial charge in [0.05, 0.1) is 18.4 Å². The molecule has 0 saturated heterocycles. The SMILES string of the molecule is CC(C)Cn1nccc1CNc1ccnn1C(C)C. The molecule has 2 aromatic heterocycles. The highest BCUT2D eigenvalue weighted by Crippen LogP contribution is 2.14. The van der Waals surface area contributed by atoms with Gasteiger partial charge in [-0.1, -0.05) is 13.8 Å². The Balaban J connectivity index is 2.02. The summed E-state index contributed by atoms with van der Waals surface area (Å²) >= 11 is 0. The van der Waals surface area contributed by atoms with Gasteiger partial charge in [0.1, 0.15) is 5.82 Å². The number of rotatable bonds is 6. The van der Waals surface area contributed by atoms with Crippen LogP contribution in [0.3, 0.4) is 0 Å². The molecule has 2 heterocycles. The molecule has 5 heteroatoms. The second-order valence-electron chi connectivity index (χ2n) is 5.51. The van der Waals surface area contributed by atoms with Crippen molar-refractivity contribution in [3.63, 3.8) is 0 Å². The minimum Gasteiger partial charge on any atom is -0.365 e. The lowest BCUT2D eigenvalue weighted by Gasteiger charge is -2.14. The van der Waals surface area contributed by atoms with Gasteiger partial charge in [0.15, 0.2) is 0 Å². The van der Waals surface area contributed by atoms with E-state index in [2.05, 4.69) is 54.0 Å². The van der Waals surface area contributed by atoms with Gasteiger partial charge in [0.2, 0.25) is 0 Å². The first-order valence-electron chi connectivity index (χ1n) is 6.86. The average molecular weight is 261 g/mol. The second kappa shape index (κ2) is 5.91. The molecule has 0 fully saturated rings. The van der Waals surface area contributed by atoms with E-state index in [1.165, 1.54) is 5.69 Å². The van der Waals surface area contributed by atoms with Gasteiger partial charge >= 0.3 is 0 Å². The number of hydrogen-bond donors (Lipinski definition) is 1. The standard InChI is InChI=1S/C14H23N5/c1-11(2)10-18-13(5-7-16-18)9-15-14-6-8-17-19(14)12(3)4/h5-8,11-12,15H,9-10H2,1-4H3. The Bertz CT molecular complexity index is 509. The van der Waals surface area contributed by atoms with Crippen molar-refractivity contribution >= 4 is 5.82 Å². The Morgan fingerprint density at radius 1 is 1.11 bits per heavy atom. The number of nitrogens with one attached hydrogen (secondary N) is 1. The Labute approximate surface area is 114 Å². The summed E-state index contributed by atoms with van der Waals surface area (Å²) in [5.74, 6) is 1.65. The van der Waals surface area contributed by atoms with E-state index in [4.69, 9.17) is 0 Å². The Morgan fingerprint density at radius 2 is 1.84 bits per heavy atom. The summed E-state index contributed by atoms with van der Waals surface area (Å²) in [4.78, 5) is 0. The zero-order valence-electron chi connectivity index (χ0n) is 12.2. The molecule has 0 aromatic carbocycles. The number of aromatic nitrogens is 4. The molecule has 0 saturated carbocycles. The van der Waals surface area contributed by atoms with Crippen molar-refractivity contribution in [3.8, 4) is 0 Å². The van der Waals surface area contributed by atoms with E-state index in [1.54, 1.807) is 0 Å². The highest BCUT2D eigenvalue weighted by molar-refractivity contribution is 5.34. The van der Waals surface area contributed by atoms with Gasteiger partial charge in [0.25, 0.3) is 0 Å². The van der Waals surface area contributed by atoms with Crippen LogP contribution < -0.4 is 5.32 Å². The summed E-state index contributed by atoms with van der Waals surface area (Å²) in [5, 5.41) is 12.1. The van der Waals surface area contributed by atoms with Crippen molar-refractivity contribution in [2.24, 2.45) is 5.92 Å². The Hall–Kier alpha value is -1.78. The molecule has 0 amide bonds. The molecule has 0 spiro atoms. The smallest absolute Gasteiger partial charge is 0.124 e. The zero-order valence-corrected chi connectivity index (χ0v) is 12.2. The Morgan fingerprint density at radius 3 is 2.53 bits per heavy atom. The van der Waals surface area contributed by atoms with Crippen molar-refractivity contribution in [1.82, 2.24) is 19.6 Å². The van der Waals surface area contributed by atoms with Crippen LogP contribution in [0.2, 0.25) is 0 Å². The summed E-state index contributed by atoms with van der Waals surface area (Å²) in [7, 11) is 0. The maximum Gasteiger partial charge on any atom is 0.124 e. The lowest BCUT2D eigenvalue weighted by atomic mass is 10.2. The predicted octanol–water partition coefficient (Wildman–Crippen LogP) is 2.93. The van der Waals surface area contributed by atoms with Crippen LogP contribution in [0.5, 0.6) is 0 Å². The molecule has 0 aliphatic carbocycles. The van der Waals surface area contributed by atoms with E-state index >= 15 is 0 Å². The molecule has 2 rings (SSSR count). The van der Waals surface area contributed by atoms with Gasteiger partial charge < -0.3 is 5.32 Å². The largest absolute Gasteiger partial charge is 0.365 e. The van der Waals surface area contributed by atoms with Crippen molar-refractivity contribution in [3.05, 3.63) is 30.2 Å². The average Bonchev–Trinajstić information content (AvgIpc) is 2.94. The molecule has 0 bridgehead atoms. The minimum absolute atomic E-state index is 0.359. The molecule has 0 aliphatic rings. The summed E-state index contributed by atoms with van der Waals surface area (Å²) in [6.45, 7) is 10.4. The van der Waals surface area contributed by atoms with E-state index < -0.39 is 0 Å². The van der Waals surface area contributed by atoms with Crippen molar-refractivity contribution in [2.75, 3.05) is 5.32 Å². The molecule has 19 heavy (non-hydrogen) atoms. The minimum atomic E-state index is 0.359. The van der Waals surface area contributed by atoms with E-state index in [9.17, 15) is 0 Å². The van der Waals surface area contributed by atoms with Gasteiger partial charge in [0, 0.05) is 24.8 Å². The van der Waals surface area contributed by atoms with E-state index in [1.807, 2.05) is 23.1 Å². The number of nitrogens with zero attached hydrogens (tertiary/aromatic N) is 4. The quantitative estimate of drug-likeness (QED) is 0.869. The summed E-state index contributed by atoms with van der Waals surface area (Å²) in [6.07, 6.45) is 3.69. The lowest BCUT2D eigenvalue weighted by Crippen LogP contribution is -2.14. The van der Waals surface area contributed by atoms with Crippen LogP contribution in [-0.4, -0.2) is 19.6 Å². The van der Waals surface area contributed by atoms with Crippen molar-refractivity contribution in [2.45, 2.75) is 46.8 Å². The molecule has 0 unspecified atom stereocenters. The maximum absolute atomic E-state index is 4.37. The topological polar surface area (TPSA) is 47.7 Å². The molecule has 2 aromatic rings. The lowest BCUT2D eigenvalue weighted by molar-refractivity contribution is 0.470. The fourth-order valence-corrected chi connectivity index (χ4v) is 2.07. The van der Waals surface area contributed by atoms with Gasteiger partial charge in [-0.2, -0.15) is 10.2 Å². The predicted molar refractivity (Wildman–Crippen MR) is 77.0 cm³/mol.